The number of nitrogens with zero attached hydrogens (tertiary/aromatic N) is 3. The normalized spacial score (nSPS) is 15.9. The lowest BCUT2D eigenvalue weighted by molar-refractivity contribution is 0.491. The predicted molar refractivity (Wildman–Crippen MR) is 238 cm³/mol. The van der Waals surface area contributed by atoms with Gasteiger partial charge in [0.2, 0.25) is 0 Å². The van der Waals surface area contributed by atoms with Crippen LogP contribution in [0.15, 0.2) is 191 Å². The number of nitrogens with one attached hydrogen (secondary N) is 1. The molecule has 8 aromatic carbocycles. The maximum Gasteiger partial charge on any atom is 0.136 e. The quantitative estimate of drug-likeness (QED) is 0.190. The third kappa shape index (κ3) is 5.08. The van der Waals surface area contributed by atoms with Crippen LogP contribution in [-0.2, 0) is 0 Å². The first-order valence-corrected chi connectivity index (χ1v) is 20.1. The highest BCUT2D eigenvalue weighted by atomic mass is 32.1. The van der Waals surface area contributed by atoms with Crippen LogP contribution in [0.1, 0.15) is 29.0 Å². The molecule has 0 aliphatic carbocycles. The van der Waals surface area contributed by atoms with Gasteiger partial charge in [0.05, 0.1) is 21.4 Å². The monoisotopic (exact) mass is 749 g/mol. The van der Waals surface area contributed by atoms with Gasteiger partial charge in [0.1, 0.15) is 11.2 Å². The number of furan rings is 1. The van der Waals surface area contributed by atoms with E-state index in [9.17, 15) is 0 Å². The fourth-order valence-corrected chi connectivity index (χ4v) is 10.2. The minimum atomic E-state index is -0.330. The van der Waals surface area contributed by atoms with E-state index in [2.05, 4.69) is 168 Å². The van der Waals surface area contributed by atoms with Gasteiger partial charge in [-0.1, -0.05) is 151 Å². The minimum absolute atomic E-state index is 0.249. The molecule has 4 heterocycles. The second-order valence-electron chi connectivity index (χ2n) is 14.7. The Morgan fingerprint density at radius 3 is 2.00 bits per heavy atom. The largest absolute Gasteiger partial charge is 0.456 e. The van der Waals surface area contributed by atoms with Gasteiger partial charge in [0.25, 0.3) is 0 Å². The summed E-state index contributed by atoms with van der Waals surface area (Å²) in [5.74, 6) is 0.734. The number of hydrogen-bond donors (Lipinski definition) is 1. The SMILES string of the molecule is c1ccc(C2=NC(c3cccc4oc5cc(-c6cccc7c6sc6c(-n8c9ccccc9c9ccccc98)cccc67)ccc5c34)NC(c3ccccc3)[N-]2)cc1. The number of para-hydroxylation sites is 2. The summed E-state index contributed by atoms with van der Waals surface area (Å²) >= 11 is 1.87. The van der Waals surface area contributed by atoms with Crippen LogP contribution in [-0.4, -0.2) is 10.4 Å². The van der Waals surface area contributed by atoms with Crippen LogP contribution in [0.3, 0.4) is 0 Å². The van der Waals surface area contributed by atoms with Crippen molar-refractivity contribution in [3.63, 3.8) is 0 Å². The van der Waals surface area contributed by atoms with Crippen molar-refractivity contribution in [3.05, 3.63) is 204 Å². The number of aliphatic imine (C=N–C) groups is 1. The van der Waals surface area contributed by atoms with Crippen LogP contribution in [0.25, 0.3) is 86.0 Å². The molecule has 1 aliphatic heterocycles. The summed E-state index contributed by atoms with van der Waals surface area (Å²) in [6.45, 7) is 0. The molecule has 0 saturated heterocycles. The number of fused-ring (bicyclic) bond motifs is 9. The molecule has 0 fully saturated rings. The summed E-state index contributed by atoms with van der Waals surface area (Å²) in [6.07, 6.45) is -0.579. The Morgan fingerprint density at radius 2 is 1.21 bits per heavy atom. The molecule has 11 aromatic rings. The lowest BCUT2D eigenvalue weighted by atomic mass is 9.99. The van der Waals surface area contributed by atoms with E-state index in [1.807, 2.05) is 35.6 Å². The number of rotatable bonds is 5. The predicted octanol–water partition coefficient (Wildman–Crippen LogP) is 13.8. The van der Waals surface area contributed by atoms with Gasteiger partial charge in [-0.15, -0.1) is 11.3 Å². The number of thiophene rings is 1. The van der Waals surface area contributed by atoms with E-state index in [0.29, 0.717) is 0 Å². The van der Waals surface area contributed by atoms with Crippen molar-refractivity contribution in [2.75, 3.05) is 0 Å². The Labute approximate surface area is 332 Å². The summed E-state index contributed by atoms with van der Waals surface area (Å²) in [5, 5.41) is 16.0. The van der Waals surface area contributed by atoms with Gasteiger partial charge in [0, 0.05) is 49.3 Å². The van der Waals surface area contributed by atoms with Crippen LogP contribution >= 0.6 is 11.3 Å². The summed E-state index contributed by atoms with van der Waals surface area (Å²) < 4.78 is 11.7. The van der Waals surface area contributed by atoms with Gasteiger partial charge in [-0.3, -0.25) is 0 Å². The van der Waals surface area contributed by atoms with E-state index in [1.54, 1.807) is 0 Å². The highest BCUT2D eigenvalue weighted by Crippen LogP contribution is 2.45. The fraction of sp³-hybridized carbons (Fsp3) is 0.0392. The summed E-state index contributed by atoms with van der Waals surface area (Å²) in [6, 6.07) is 64.4. The first kappa shape index (κ1) is 32.3. The first-order valence-electron chi connectivity index (χ1n) is 19.3. The molecular weight excluding hydrogens is 717 g/mol. The maximum atomic E-state index is 6.69. The number of amidine groups is 1. The highest BCUT2D eigenvalue weighted by molar-refractivity contribution is 7.26. The molecule has 3 aromatic heterocycles. The van der Waals surface area contributed by atoms with Crippen LogP contribution in [0.5, 0.6) is 0 Å². The van der Waals surface area contributed by atoms with Gasteiger partial charge in [-0.25, -0.2) is 0 Å². The Morgan fingerprint density at radius 1 is 0.544 bits per heavy atom. The van der Waals surface area contributed by atoms with Crippen molar-refractivity contribution >= 4 is 81.1 Å². The topological polar surface area (TPSA) is 56.6 Å². The van der Waals surface area contributed by atoms with Crippen LogP contribution in [0.4, 0.5) is 0 Å². The van der Waals surface area contributed by atoms with Crippen molar-refractivity contribution in [2.24, 2.45) is 4.99 Å². The van der Waals surface area contributed by atoms with Crippen molar-refractivity contribution in [1.29, 1.82) is 0 Å². The zero-order valence-electron chi connectivity index (χ0n) is 30.6. The van der Waals surface area contributed by atoms with Crippen LogP contribution in [0, 0.1) is 0 Å². The molecule has 57 heavy (non-hydrogen) atoms. The van der Waals surface area contributed by atoms with Crippen LogP contribution in [0.2, 0.25) is 0 Å². The summed E-state index contributed by atoms with van der Waals surface area (Å²) in [7, 11) is 0. The summed E-state index contributed by atoms with van der Waals surface area (Å²) in [5.41, 5.74) is 10.8. The molecule has 2 atom stereocenters. The second kappa shape index (κ2) is 12.8. The van der Waals surface area contributed by atoms with Gasteiger partial charge in [0.15, 0.2) is 0 Å². The Hall–Kier alpha value is -6.99. The van der Waals surface area contributed by atoms with Crippen molar-refractivity contribution in [2.45, 2.75) is 12.3 Å². The smallest absolute Gasteiger partial charge is 0.136 e. The van der Waals surface area contributed by atoms with Gasteiger partial charge in [-0.05, 0) is 64.2 Å². The number of hydrogen-bond acceptors (Lipinski definition) is 4. The summed E-state index contributed by atoms with van der Waals surface area (Å²) in [4.78, 5) is 5.21. The van der Waals surface area contributed by atoms with E-state index >= 15 is 0 Å². The maximum absolute atomic E-state index is 6.69. The molecule has 2 unspecified atom stereocenters. The third-order valence-corrected chi connectivity index (χ3v) is 12.7. The van der Waals surface area contributed by atoms with Gasteiger partial charge >= 0.3 is 0 Å². The zero-order chi connectivity index (χ0) is 37.5. The average Bonchev–Trinajstić information content (AvgIpc) is 3.96. The van der Waals surface area contributed by atoms with Crippen molar-refractivity contribution < 1.29 is 4.42 Å². The Kier molecular flexibility index (Phi) is 7.24. The molecule has 0 amide bonds. The second-order valence-corrected chi connectivity index (χ2v) is 15.7. The van der Waals surface area contributed by atoms with Gasteiger partial charge in [-0.2, -0.15) is 0 Å². The first-order chi connectivity index (χ1) is 28.3. The molecule has 6 heteroatoms. The lowest BCUT2D eigenvalue weighted by Gasteiger charge is -2.40. The van der Waals surface area contributed by atoms with Crippen molar-refractivity contribution in [3.8, 4) is 16.8 Å². The van der Waals surface area contributed by atoms with E-state index in [-0.39, 0.29) is 12.3 Å². The number of benzene rings is 8. The third-order valence-electron chi connectivity index (χ3n) is 11.4. The molecule has 0 spiro atoms. The molecule has 0 radical (unpaired) electrons. The van der Waals surface area contributed by atoms with Gasteiger partial charge < -0.3 is 24.6 Å². The van der Waals surface area contributed by atoms with E-state index < -0.39 is 0 Å². The van der Waals surface area contributed by atoms with Crippen molar-refractivity contribution in [1.82, 2.24) is 9.88 Å². The molecular formula is C51H33N4OS-. The fourth-order valence-electron chi connectivity index (χ4n) is 8.84. The van der Waals surface area contributed by atoms with E-state index in [0.717, 1.165) is 50.0 Å². The van der Waals surface area contributed by atoms with E-state index in [1.165, 1.54) is 53.2 Å². The minimum Gasteiger partial charge on any atom is -0.456 e. The standard InChI is InChI=1S/C51H33N4OS/c1-3-14-31(15-4-1)49-52-50(32-16-5-2-6-17-32)54-51(53-49)40-23-13-27-44-46(40)39-29-28-33(30-45(39)56-44)34-20-11-21-37-38-22-12-26-43(48(38)57-47(34)37)55-41-24-9-7-18-35(41)36-19-8-10-25-42(36)55/h1-30,49,51,53H/q-1. The van der Waals surface area contributed by atoms with Crippen LogP contribution < -0.4 is 5.32 Å². The Bertz CT molecular complexity index is 3320. The molecule has 270 valence electrons. The lowest BCUT2D eigenvalue weighted by Crippen LogP contribution is -2.31. The molecule has 1 aliphatic rings. The number of aromatic nitrogens is 1. The van der Waals surface area contributed by atoms with E-state index in [4.69, 9.17) is 14.7 Å². The average molecular weight is 750 g/mol. The molecule has 0 saturated carbocycles. The molecule has 1 N–H and O–H groups in total. The zero-order valence-corrected chi connectivity index (χ0v) is 31.4. The molecule has 5 nitrogen and oxygen atoms in total. The Balaban J connectivity index is 0.994. The molecule has 12 rings (SSSR count). The molecule has 0 bridgehead atoms. The highest BCUT2D eigenvalue weighted by Gasteiger charge is 2.23.